The molecule has 0 heterocycles. The maximum atomic E-state index is 13.3. The normalized spacial score (nSPS) is 10.2. The van der Waals surface area contributed by atoms with E-state index in [4.69, 9.17) is 10.8 Å². The lowest BCUT2D eigenvalue weighted by molar-refractivity contribution is 0.0696. The number of carboxylic acid groups (broad SMARTS) is 1. The highest BCUT2D eigenvalue weighted by atomic mass is 19.1. The van der Waals surface area contributed by atoms with Crippen molar-refractivity contribution in [1.29, 1.82) is 0 Å². The van der Waals surface area contributed by atoms with Crippen LogP contribution in [-0.2, 0) is 0 Å². The predicted molar refractivity (Wildman–Crippen MR) is 76.9 cm³/mol. The van der Waals surface area contributed by atoms with Crippen LogP contribution in [0.3, 0.4) is 0 Å². The molecule has 0 unspecified atom stereocenters. The zero-order valence-electron chi connectivity index (χ0n) is 11.2. The van der Waals surface area contributed by atoms with E-state index in [0.717, 1.165) is 0 Å². The Balaban J connectivity index is 2.28. The van der Waals surface area contributed by atoms with Crippen molar-refractivity contribution in [2.75, 3.05) is 11.1 Å². The van der Waals surface area contributed by atoms with Crippen LogP contribution in [-0.4, -0.2) is 17.0 Å². The van der Waals surface area contributed by atoms with Gasteiger partial charge in [0.25, 0.3) is 5.91 Å². The molecular formula is C15H13FN2O3. The van der Waals surface area contributed by atoms with Gasteiger partial charge in [-0.3, -0.25) is 4.79 Å². The molecule has 2 aromatic rings. The number of nitrogens with one attached hydrogen (secondary N) is 1. The van der Waals surface area contributed by atoms with E-state index in [0.29, 0.717) is 11.3 Å². The van der Waals surface area contributed by atoms with Gasteiger partial charge >= 0.3 is 5.97 Å². The Bertz CT molecular complexity index is 729. The number of nitrogen functional groups attached to an aromatic ring is 1. The average Bonchev–Trinajstić information content (AvgIpc) is 2.43. The molecule has 0 aliphatic heterocycles. The van der Waals surface area contributed by atoms with Crippen LogP contribution in [0.5, 0.6) is 0 Å². The second-order valence-electron chi connectivity index (χ2n) is 4.49. The second kappa shape index (κ2) is 5.62. The van der Waals surface area contributed by atoms with E-state index in [1.54, 1.807) is 6.92 Å². The molecule has 4 N–H and O–H groups in total. The van der Waals surface area contributed by atoms with Crippen molar-refractivity contribution in [2.24, 2.45) is 0 Å². The van der Waals surface area contributed by atoms with Crippen LogP contribution < -0.4 is 11.1 Å². The molecule has 0 atom stereocenters. The van der Waals surface area contributed by atoms with E-state index in [-0.39, 0.29) is 16.8 Å². The van der Waals surface area contributed by atoms with Gasteiger partial charge in [-0.2, -0.15) is 0 Å². The van der Waals surface area contributed by atoms with Crippen molar-refractivity contribution in [3.8, 4) is 0 Å². The lowest BCUT2D eigenvalue weighted by Crippen LogP contribution is -2.15. The van der Waals surface area contributed by atoms with Crippen LogP contribution in [0.25, 0.3) is 0 Å². The first-order valence-corrected chi connectivity index (χ1v) is 6.09. The maximum absolute atomic E-state index is 13.3. The molecule has 6 heteroatoms. The lowest BCUT2D eigenvalue weighted by Gasteiger charge is -2.10. The number of hydrogen-bond donors (Lipinski definition) is 3. The van der Waals surface area contributed by atoms with Crippen molar-refractivity contribution in [1.82, 2.24) is 0 Å². The number of benzene rings is 2. The zero-order valence-corrected chi connectivity index (χ0v) is 11.2. The molecule has 21 heavy (non-hydrogen) atoms. The minimum absolute atomic E-state index is 0.0247. The average molecular weight is 288 g/mol. The number of nitrogens with two attached hydrogens (primary N) is 1. The van der Waals surface area contributed by atoms with Gasteiger partial charge in [0.1, 0.15) is 5.82 Å². The van der Waals surface area contributed by atoms with E-state index in [2.05, 4.69) is 5.32 Å². The fourth-order valence-electron chi connectivity index (χ4n) is 1.86. The maximum Gasteiger partial charge on any atom is 0.335 e. The summed E-state index contributed by atoms with van der Waals surface area (Å²) < 4.78 is 13.3. The Labute approximate surface area is 120 Å². The smallest absolute Gasteiger partial charge is 0.335 e. The fraction of sp³-hybridized carbons (Fsp3) is 0.0667. The number of aromatic carboxylic acids is 1. The lowest BCUT2D eigenvalue weighted by atomic mass is 10.1. The van der Waals surface area contributed by atoms with Crippen LogP contribution in [0, 0.1) is 12.7 Å². The summed E-state index contributed by atoms with van der Waals surface area (Å²) >= 11 is 0. The highest BCUT2D eigenvalue weighted by Gasteiger charge is 2.14. The monoisotopic (exact) mass is 288 g/mol. The summed E-state index contributed by atoms with van der Waals surface area (Å²) in [5, 5.41) is 11.5. The molecule has 0 radical (unpaired) electrons. The number of rotatable bonds is 3. The first-order valence-electron chi connectivity index (χ1n) is 6.09. The van der Waals surface area contributed by atoms with Crippen LogP contribution in [0.4, 0.5) is 15.8 Å². The fourth-order valence-corrected chi connectivity index (χ4v) is 1.86. The number of halogens is 1. The van der Waals surface area contributed by atoms with Gasteiger partial charge in [0.05, 0.1) is 16.8 Å². The Kier molecular flexibility index (Phi) is 3.89. The molecule has 0 aliphatic rings. The highest BCUT2D eigenvalue weighted by Crippen LogP contribution is 2.20. The summed E-state index contributed by atoms with van der Waals surface area (Å²) in [7, 11) is 0. The molecule has 2 aromatic carbocycles. The van der Waals surface area contributed by atoms with Crippen molar-refractivity contribution < 1.29 is 19.1 Å². The predicted octanol–water partition coefficient (Wildman–Crippen LogP) is 2.67. The third-order valence-electron chi connectivity index (χ3n) is 3.02. The molecule has 0 saturated carbocycles. The number of carboxylic acids is 1. The van der Waals surface area contributed by atoms with Crippen LogP contribution in [0.15, 0.2) is 36.4 Å². The molecular weight excluding hydrogens is 275 g/mol. The van der Waals surface area contributed by atoms with Gasteiger partial charge in [0.2, 0.25) is 0 Å². The number of carbonyl (C=O) groups is 2. The summed E-state index contributed by atoms with van der Waals surface area (Å²) in [5.74, 6) is -2.27. The third kappa shape index (κ3) is 3.00. The molecule has 1 amide bonds. The molecule has 0 fully saturated rings. The molecule has 5 nitrogen and oxygen atoms in total. The minimum Gasteiger partial charge on any atom is -0.478 e. The number of amides is 1. The number of carbonyl (C=O) groups excluding carboxylic acids is 1. The summed E-state index contributed by atoms with van der Waals surface area (Å²) in [4.78, 5) is 22.9. The van der Waals surface area contributed by atoms with E-state index in [1.807, 2.05) is 0 Å². The Morgan fingerprint density at radius 3 is 2.57 bits per heavy atom. The molecule has 2 rings (SSSR count). The molecule has 0 bridgehead atoms. The van der Waals surface area contributed by atoms with Crippen molar-refractivity contribution in [3.63, 3.8) is 0 Å². The first kappa shape index (κ1) is 14.5. The van der Waals surface area contributed by atoms with Gasteiger partial charge in [-0.25, -0.2) is 9.18 Å². The molecule has 0 aromatic heterocycles. The quantitative estimate of drug-likeness (QED) is 0.757. The molecule has 108 valence electrons. The van der Waals surface area contributed by atoms with E-state index in [9.17, 15) is 14.0 Å². The number of para-hydroxylation sites is 1. The first-order chi connectivity index (χ1) is 9.90. The van der Waals surface area contributed by atoms with Crippen molar-refractivity contribution in [2.45, 2.75) is 6.92 Å². The SMILES string of the molecule is Cc1cc(C(=O)O)ccc1NC(=O)c1cccc(F)c1N. The highest BCUT2D eigenvalue weighted by molar-refractivity contribution is 6.08. The number of aryl methyl sites for hydroxylation is 1. The van der Waals surface area contributed by atoms with Gasteiger partial charge in [-0.1, -0.05) is 6.07 Å². The van der Waals surface area contributed by atoms with E-state index < -0.39 is 17.7 Å². The van der Waals surface area contributed by atoms with Gasteiger partial charge in [0.15, 0.2) is 0 Å². The summed E-state index contributed by atoms with van der Waals surface area (Å²) in [6, 6.07) is 8.26. The summed E-state index contributed by atoms with van der Waals surface area (Å²) in [6.45, 7) is 1.66. The third-order valence-corrected chi connectivity index (χ3v) is 3.02. The topological polar surface area (TPSA) is 92.4 Å². The van der Waals surface area contributed by atoms with E-state index in [1.165, 1.54) is 36.4 Å². The summed E-state index contributed by atoms with van der Waals surface area (Å²) in [5.41, 5.74) is 6.46. The van der Waals surface area contributed by atoms with Crippen LogP contribution in [0.1, 0.15) is 26.3 Å². The van der Waals surface area contributed by atoms with Crippen molar-refractivity contribution in [3.05, 3.63) is 58.9 Å². The zero-order chi connectivity index (χ0) is 15.6. The van der Waals surface area contributed by atoms with Crippen LogP contribution in [0.2, 0.25) is 0 Å². The van der Waals surface area contributed by atoms with Crippen LogP contribution >= 0.6 is 0 Å². The molecule has 0 aliphatic carbocycles. The molecule has 0 spiro atoms. The Morgan fingerprint density at radius 2 is 1.95 bits per heavy atom. The minimum atomic E-state index is -1.05. The number of anilines is 2. The van der Waals surface area contributed by atoms with Gasteiger partial charge < -0.3 is 16.2 Å². The van der Waals surface area contributed by atoms with Gasteiger partial charge in [-0.15, -0.1) is 0 Å². The summed E-state index contributed by atoms with van der Waals surface area (Å²) in [6.07, 6.45) is 0. The Morgan fingerprint density at radius 1 is 1.24 bits per heavy atom. The van der Waals surface area contributed by atoms with Gasteiger partial charge in [-0.05, 0) is 42.8 Å². The largest absolute Gasteiger partial charge is 0.478 e. The second-order valence-corrected chi connectivity index (χ2v) is 4.49. The number of hydrogen-bond acceptors (Lipinski definition) is 3. The van der Waals surface area contributed by atoms with Crippen molar-refractivity contribution >= 4 is 23.3 Å². The standard InChI is InChI=1S/C15H13FN2O3/c1-8-7-9(15(20)21)5-6-12(8)18-14(19)10-3-2-4-11(16)13(10)17/h2-7H,17H2,1H3,(H,18,19)(H,20,21). The van der Waals surface area contributed by atoms with Gasteiger partial charge in [0, 0.05) is 5.69 Å². The Hall–Kier alpha value is -2.89. The molecule has 0 saturated heterocycles. The van der Waals surface area contributed by atoms with E-state index >= 15 is 0 Å².